The molecule has 0 aliphatic rings. The Balaban J connectivity index is 2.28. The van der Waals surface area contributed by atoms with Crippen LogP contribution in [0, 0.1) is 0 Å². The van der Waals surface area contributed by atoms with Crippen molar-refractivity contribution in [3.63, 3.8) is 0 Å². The number of nitrogens with one attached hydrogen (secondary N) is 1. The Morgan fingerprint density at radius 2 is 2.00 bits per heavy atom. The number of ether oxygens (including phenoxy) is 1. The highest BCUT2D eigenvalue weighted by Gasteiger charge is 2.13. The van der Waals surface area contributed by atoms with E-state index in [2.05, 4.69) is 5.32 Å². The van der Waals surface area contributed by atoms with Crippen LogP contribution in [-0.2, 0) is 0 Å². The van der Waals surface area contributed by atoms with Crippen LogP contribution < -0.4 is 15.8 Å². The average Bonchev–Trinajstić information content (AvgIpc) is 2.41. The second-order valence-electron chi connectivity index (χ2n) is 4.27. The number of nitrogen functional groups attached to an aromatic ring is 1. The summed E-state index contributed by atoms with van der Waals surface area (Å²) in [6.45, 7) is 2.34. The lowest BCUT2D eigenvalue weighted by Crippen LogP contribution is -2.13. The Labute approximate surface area is 132 Å². The largest absolute Gasteiger partial charge is 0.492 e. The minimum atomic E-state index is -0.358. The Kier molecular flexibility index (Phi) is 4.94. The predicted octanol–water partition coefficient (Wildman–Crippen LogP) is 4.23. The number of carbonyl (C=O) groups is 1. The van der Waals surface area contributed by atoms with E-state index in [4.69, 9.17) is 33.7 Å². The molecule has 0 spiro atoms. The summed E-state index contributed by atoms with van der Waals surface area (Å²) in [4.78, 5) is 12.3. The first kappa shape index (κ1) is 15.5. The molecule has 0 radical (unpaired) electrons. The summed E-state index contributed by atoms with van der Waals surface area (Å²) >= 11 is 12.0. The minimum absolute atomic E-state index is 0.285. The molecule has 0 saturated heterocycles. The number of rotatable bonds is 4. The van der Waals surface area contributed by atoms with Crippen molar-refractivity contribution in [1.29, 1.82) is 0 Å². The molecule has 110 valence electrons. The molecule has 2 aromatic rings. The molecule has 0 unspecified atom stereocenters. The highest BCUT2D eigenvalue weighted by Crippen LogP contribution is 2.29. The molecule has 0 saturated carbocycles. The number of anilines is 2. The molecule has 0 aromatic heterocycles. The highest BCUT2D eigenvalue weighted by molar-refractivity contribution is 6.35. The Bertz CT molecular complexity index is 675. The van der Waals surface area contributed by atoms with Crippen molar-refractivity contribution in [3.05, 3.63) is 52.0 Å². The Morgan fingerprint density at radius 1 is 1.24 bits per heavy atom. The SMILES string of the molecule is CCOc1ccc(Cl)cc1NC(=O)c1ccc(N)cc1Cl. The molecule has 0 aliphatic heterocycles. The molecule has 0 atom stereocenters. The lowest BCUT2D eigenvalue weighted by Gasteiger charge is -2.12. The van der Waals surface area contributed by atoms with Gasteiger partial charge in [-0.3, -0.25) is 4.79 Å². The summed E-state index contributed by atoms with van der Waals surface area (Å²) in [6, 6.07) is 9.72. The van der Waals surface area contributed by atoms with Crippen molar-refractivity contribution >= 4 is 40.5 Å². The third kappa shape index (κ3) is 3.80. The first-order valence-corrected chi connectivity index (χ1v) is 7.05. The van der Waals surface area contributed by atoms with E-state index in [9.17, 15) is 4.79 Å². The minimum Gasteiger partial charge on any atom is -0.492 e. The molecule has 0 heterocycles. The van der Waals surface area contributed by atoms with Gasteiger partial charge < -0.3 is 15.8 Å². The van der Waals surface area contributed by atoms with Gasteiger partial charge in [0.1, 0.15) is 5.75 Å². The van der Waals surface area contributed by atoms with E-state index in [-0.39, 0.29) is 10.9 Å². The van der Waals surface area contributed by atoms with Gasteiger partial charge >= 0.3 is 0 Å². The van der Waals surface area contributed by atoms with Gasteiger partial charge in [0.15, 0.2) is 0 Å². The van der Waals surface area contributed by atoms with Crippen LogP contribution >= 0.6 is 23.2 Å². The molecular weight excluding hydrogens is 311 g/mol. The van der Waals surface area contributed by atoms with Gasteiger partial charge in [0.2, 0.25) is 0 Å². The number of hydrogen-bond acceptors (Lipinski definition) is 3. The van der Waals surface area contributed by atoms with Crippen molar-refractivity contribution < 1.29 is 9.53 Å². The normalized spacial score (nSPS) is 10.2. The van der Waals surface area contributed by atoms with Crippen LogP contribution in [0.25, 0.3) is 0 Å². The summed E-state index contributed by atoms with van der Waals surface area (Å²) in [7, 11) is 0. The first-order chi connectivity index (χ1) is 10.0. The summed E-state index contributed by atoms with van der Waals surface area (Å²) in [6.07, 6.45) is 0. The van der Waals surface area contributed by atoms with E-state index in [1.807, 2.05) is 6.92 Å². The standard InChI is InChI=1S/C15H14Cl2N2O2/c1-2-21-14-6-3-9(16)7-13(14)19-15(20)11-5-4-10(18)8-12(11)17/h3-8H,2,18H2,1H3,(H,19,20). The maximum atomic E-state index is 12.3. The second-order valence-corrected chi connectivity index (χ2v) is 5.11. The third-order valence-corrected chi connectivity index (χ3v) is 3.28. The average molecular weight is 325 g/mol. The lowest BCUT2D eigenvalue weighted by atomic mass is 10.2. The monoisotopic (exact) mass is 324 g/mol. The van der Waals surface area contributed by atoms with Crippen LogP contribution in [0.15, 0.2) is 36.4 Å². The molecule has 21 heavy (non-hydrogen) atoms. The number of nitrogens with two attached hydrogens (primary N) is 1. The van der Waals surface area contributed by atoms with E-state index in [0.29, 0.717) is 34.3 Å². The molecule has 6 heteroatoms. The lowest BCUT2D eigenvalue weighted by molar-refractivity contribution is 0.102. The second kappa shape index (κ2) is 6.70. The molecule has 1 amide bonds. The maximum Gasteiger partial charge on any atom is 0.257 e. The van der Waals surface area contributed by atoms with Gasteiger partial charge in [0.05, 0.1) is 22.9 Å². The summed E-state index contributed by atoms with van der Waals surface area (Å²) < 4.78 is 5.45. The van der Waals surface area contributed by atoms with Gasteiger partial charge in [0, 0.05) is 10.7 Å². The predicted molar refractivity (Wildman–Crippen MR) is 86.4 cm³/mol. The molecule has 3 N–H and O–H groups in total. The van der Waals surface area contributed by atoms with Gasteiger partial charge in [-0.2, -0.15) is 0 Å². The van der Waals surface area contributed by atoms with Crippen LogP contribution in [0.2, 0.25) is 10.0 Å². The van der Waals surface area contributed by atoms with Gasteiger partial charge in [-0.25, -0.2) is 0 Å². The third-order valence-electron chi connectivity index (χ3n) is 2.73. The Hall–Kier alpha value is -1.91. The van der Waals surface area contributed by atoms with E-state index in [1.54, 1.807) is 30.3 Å². The van der Waals surface area contributed by atoms with Crippen LogP contribution in [0.1, 0.15) is 17.3 Å². The summed E-state index contributed by atoms with van der Waals surface area (Å²) in [5, 5.41) is 3.52. The molecule has 0 fully saturated rings. The number of amides is 1. The number of hydrogen-bond donors (Lipinski definition) is 2. The molecular formula is C15H14Cl2N2O2. The molecule has 0 aliphatic carbocycles. The van der Waals surface area contributed by atoms with Crippen molar-refractivity contribution in [3.8, 4) is 5.75 Å². The van der Waals surface area contributed by atoms with Crippen molar-refractivity contribution in [2.24, 2.45) is 0 Å². The number of carbonyl (C=O) groups excluding carboxylic acids is 1. The van der Waals surface area contributed by atoms with Gasteiger partial charge in [-0.1, -0.05) is 23.2 Å². The fourth-order valence-corrected chi connectivity index (χ4v) is 2.23. The summed E-state index contributed by atoms with van der Waals surface area (Å²) in [5.74, 6) is 0.185. The number of benzene rings is 2. The van der Waals surface area contributed by atoms with Crippen LogP contribution in [-0.4, -0.2) is 12.5 Å². The zero-order chi connectivity index (χ0) is 15.4. The van der Waals surface area contributed by atoms with Crippen LogP contribution in [0.5, 0.6) is 5.75 Å². The van der Waals surface area contributed by atoms with Gasteiger partial charge in [0.25, 0.3) is 5.91 Å². The smallest absolute Gasteiger partial charge is 0.257 e. The molecule has 4 nitrogen and oxygen atoms in total. The fraction of sp³-hybridized carbons (Fsp3) is 0.133. The van der Waals surface area contributed by atoms with E-state index in [0.717, 1.165) is 0 Å². The zero-order valence-electron chi connectivity index (χ0n) is 11.3. The van der Waals surface area contributed by atoms with E-state index >= 15 is 0 Å². The topological polar surface area (TPSA) is 64.3 Å². The van der Waals surface area contributed by atoms with Gasteiger partial charge in [-0.15, -0.1) is 0 Å². The first-order valence-electron chi connectivity index (χ1n) is 6.30. The zero-order valence-corrected chi connectivity index (χ0v) is 12.8. The highest BCUT2D eigenvalue weighted by atomic mass is 35.5. The Morgan fingerprint density at radius 3 is 2.67 bits per heavy atom. The number of halogens is 2. The molecule has 2 aromatic carbocycles. The van der Waals surface area contributed by atoms with Gasteiger partial charge in [-0.05, 0) is 43.3 Å². The molecule has 2 rings (SSSR count). The maximum absolute atomic E-state index is 12.3. The van der Waals surface area contributed by atoms with E-state index < -0.39 is 0 Å². The van der Waals surface area contributed by atoms with E-state index in [1.165, 1.54) is 6.07 Å². The quantitative estimate of drug-likeness (QED) is 0.827. The van der Waals surface area contributed by atoms with Crippen molar-refractivity contribution in [2.75, 3.05) is 17.7 Å². The fourth-order valence-electron chi connectivity index (χ4n) is 1.79. The van der Waals surface area contributed by atoms with Crippen molar-refractivity contribution in [2.45, 2.75) is 6.92 Å². The molecule has 0 bridgehead atoms. The van der Waals surface area contributed by atoms with Crippen LogP contribution in [0.4, 0.5) is 11.4 Å². The van der Waals surface area contributed by atoms with Crippen LogP contribution in [0.3, 0.4) is 0 Å². The summed E-state index contributed by atoms with van der Waals surface area (Å²) in [5.41, 5.74) is 6.92. The van der Waals surface area contributed by atoms with Crippen molar-refractivity contribution in [1.82, 2.24) is 0 Å².